The highest BCUT2D eigenvalue weighted by Crippen LogP contribution is 2.29. The minimum absolute atomic E-state index is 0.200. The summed E-state index contributed by atoms with van der Waals surface area (Å²) < 4.78 is 37.3. The van der Waals surface area contributed by atoms with Crippen LogP contribution < -0.4 is 5.73 Å². The Kier molecular flexibility index (Phi) is 5.74. The molecule has 3 N–H and O–H groups in total. The number of aliphatic hydroxyl groups excluding tert-OH is 1. The second-order valence-corrected chi connectivity index (χ2v) is 5.07. The SMILES string of the molecule is C[C@H](C(N)=O)N(C)CC(O)Cc1ccc(C(F)(F)F)cc1. The van der Waals surface area contributed by atoms with E-state index in [4.69, 9.17) is 5.73 Å². The number of halogens is 3. The van der Waals surface area contributed by atoms with Gasteiger partial charge in [-0.2, -0.15) is 13.2 Å². The van der Waals surface area contributed by atoms with E-state index < -0.39 is 29.8 Å². The van der Waals surface area contributed by atoms with Crippen LogP contribution in [0.25, 0.3) is 0 Å². The Hall–Kier alpha value is -1.60. The smallest absolute Gasteiger partial charge is 0.391 e. The highest BCUT2D eigenvalue weighted by molar-refractivity contribution is 5.79. The number of likely N-dealkylation sites (N-methyl/N-ethyl adjacent to an activating group) is 1. The number of rotatable bonds is 6. The lowest BCUT2D eigenvalue weighted by molar-refractivity contribution is -0.137. The van der Waals surface area contributed by atoms with Crippen LogP contribution in [0, 0.1) is 0 Å². The molecule has 2 atom stereocenters. The summed E-state index contributed by atoms with van der Waals surface area (Å²) in [5.74, 6) is -0.501. The van der Waals surface area contributed by atoms with Crippen molar-refractivity contribution in [3.05, 3.63) is 35.4 Å². The molecule has 7 heteroatoms. The van der Waals surface area contributed by atoms with Crippen molar-refractivity contribution < 1.29 is 23.1 Å². The van der Waals surface area contributed by atoms with Crippen molar-refractivity contribution in [1.82, 2.24) is 4.90 Å². The normalized spacial score (nSPS) is 15.0. The summed E-state index contributed by atoms with van der Waals surface area (Å²) >= 11 is 0. The lowest BCUT2D eigenvalue weighted by atomic mass is 10.0. The molecule has 0 radical (unpaired) electrons. The summed E-state index contributed by atoms with van der Waals surface area (Å²) in [5.41, 5.74) is 5.02. The Morgan fingerprint density at radius 3 is 2.29 bits per heavy atom. The van der Waals surface area contributed by atoms with Crippen molar-refractivity contribution in [3.63, 3.8) is 0 Å². The fraction of sp³-hybridized carbons (Fsp3) is 0.500. The summed E-state index contributed by atoms with van der Waals surface area (Å²) in [6.45, 7) is 1.82. The average molecular weight is 304 g/mol. The maximum absolute atomic E-state index is 12.4. The lowest BCUT2D eigenvalue weighted by Crippen LogP contribution is -2.44. The van der Waals surface area contributed by atoms with Gasteiger partial charge in [0, 0.05) is 6.54 Å². The van der Waals surface area contributed by atoms with Gasteiger partial charge in [-0.15, -0.1) is 0 Å². The summed E-state index contributed by atoms with van der Waals surface area (Å²) in [6.07, 6.45) is -4.96. The van der Waals surface area contributed by atoms with Crippen molar-refractivity contribution >= 4 is 5.91 Å². The minimum Gasteiger partial charge on any atom is -0.391 e. The lowest BCUT2D eigenvalue weighted by Gasteiger charge is -2.24. The molecule has 1 aromatic rings. The predicted molar refractivity (Wildman–Crippen MR) is 72.4 cm³/mol. The zero-order valence-electron chi connectivity index (χ0n) is 11.9. The molecule has 1 rings (SSSR count). The first-order chi connectivity index (χ1) is 9.61. The number of nitrogens with two attached hydrogens (primary N) is 1. The molecule has 0 aliphatic heterocycles. The van der Waals surface area contributed by atoms with E-state index in [1.807, 2.05) is 0 Å². The van der Waals surface area contributed by atoms with Gasteiger partial charge in [-0.05, 0) is 38.1 Å². The number of hydrogen-bond donors (Lipinski definition) is 2. The van der Waals surface area contributed by atoms with E-state index in [9.17, 15) is 23.1 Å². The van der Waals surface area contributed by atoms with Gasteiger partial charge in [0.2, 0.25) is 5.91 Å². The van der Waals surface area contributed by atoms with Crippen LogP contribution in [0.2, 0.25) is 0 Å². The second-order valence-electron chi connectivity index (χ2n) is 5.07. The van der Waals surface area contributed by atoms with E-state index in [1.54, 1.807) is 18.9 Å². The molecule has 0 spiro atoms. The molecule has 0 aliphatic carbocycles. The van der Waals surface area contributed by atoms with Crippen LogP contribution in [0.15, 0.2) is 24.3 Å². The Balaban J connectivity index is 2.59. The fourth-order valence-corrected chi connectivity index (χ4v) is 1.87. The molecule has 0 aliphatic rings. The van der Waals surface area contributed by atoms with Gasteiger partial charge in [0.15, 0.2) is 0 Å². The van der Waals surface area contributed by atoms with E-state index in [2.05, 4.69) is 0 Å². The van der Waals surface area contributed by atoms with Gasteiger partial charge in [-0.25, -0.2) is 0 Å². The molecule has 0 heterocycles. The van der Waals surface area contributed by atoms with Crippen LogP contribution in [0.4, 0.5) is 13.2 Å². The minimum atomic E-state index is -4.37. The molecule has 0 aromatic heterocycles. The first kappa shape index (κ1) is 17.5. The zero-order valence-corrected chi connectivity index (χ0v) is 11.9. The van der Waals surface area contributed by atoms with E-state index in [0.29, 0.717) is 5.56 Å². The topological polar surface area (TPSA) is 66.6 Å². The summed E-state index contributed by atoms with van der Waals surface area (Å²) in [7, 11) is 1.64. The number of carbonyl (C=O) groups excluding carboxylic acids is 1. The molecule has 1 aromatic carbocycles. The van der Waals surface area contributed by atoms with Crippen molar-refractivity contribution in [2.24, 2.45) is 5.73 Å². The Bertz CT molecular complexity index is 474. The molecule has 4 nitrogen and oxygen atoms in total. The Morgan fingerprint density at radius 2 is 1.86 bits per heavy atom. The number of hydrogen-bond acceptors (Lipinski definition) is 3. The number of nitrogens with zero attached hydrogens (tertiary/aromatic N) is 1. The molecule has 0 fully saturated rings. The largest absolute Gasteiger partial charge is 0.416 e. The third-order valence-electron chi connectivity index (χ3n) is 3.32. The monoisotopic (exact) mass is 304 g/mol. The third-order valence-corrected chi connectivity index (χ3v) is 3.32. The predicted octanol–water partition coefficient (Wildman–Crippen LogP) is 1.41. The number of alkyl halides is 3. The van der Waals surface area contributed by atoms with Gasteiger partial charge in [0.25, 0.3) is 0 Å². The summed E-state index contributed by atoms with van der Waals surface area (Å²) in [4.78, 5) is 12.6. The molecule has 0 saturated heterocycles. The van der Waals surface area contributed by atoms with E-state index >= 15 is 0 Å². The van der Waals surface area contributed by atoms with Crippen molar-refractivity contribution in [3.8, 4) is 0 Å². The fourth-order valence-electron chi connectivity index (χ4n) is 1.87. The van der Waals surface area contributed by atoms with Crippen molar-refractivity contribution in [2.45, 2.75) is 31.7 Å². The van der Waals surface area contributed by atoms with E-state index in [-0.39, 0.29) is 13.0 Å². The Morgan fingerprint density at radius 1 is 1.33 bits per heavy atom. The number of amides is 1. The van der Waals surface area contributed by atoms with Crippen LogP contribution in [0.3, 0.4) is 0 Å². The van der Waals surface area contributed by atoms with Gasteiger partial charge >= 0.3 is 6.18 Å². The number of carbonyl (C=O) groups is 1. The molecule has 118 valence electrons. The molecular formula is C14H19F3N2O2. The summed E-state index contributed by atoms with van der Waals surface area (Å²) in [5, 5.41) is 9.92. The standard InChI is InChI=1S/C14H19F3N2O2/c1-9(13(18)21)19(2)8-12(20)7-10-3-5-11(6-4-10)14(15,16)17/h3-6,9,12,20H,7-8H2,1-2H3,(H2,18,21)/t9-,12?/m1/s1. The number of primary amides is 1. The number of aliphatic hydroxyl groups is 1. The molecule has 1 unspecified atom stereocenters. The maximum Gasteiger partial charge on any atom is 0.416 e. The Labute approximate surface area is 121 Å². The van der Waals surface area contributed by atoms with Crippen LogP contribution in [0.1, 0.15) is 18.1 Å². The van der Waals surface area contributed by atoms with Crippen LogP contribution in [-0.4, -0.2) is 41.7 Å². The van der Waals surface area contributed by atoms with E-state index in [1.165, 1.54) is 12.1 Å². The second kappa shape index (κ2) is 6.91. The van der Waals surface area contributed by atoms with Crippen LogP contribution in [-0.2, 0) is 17.4 Å². The summed E-state index contributed by atoms with van der Waals surface area (Å²) in [6, 6.07) is 4.12. The average Bonchev–Trinajstić information content (AvgIpc) is 2.36. The zero-order chi connectivity index (χ0) is 16.2. The molecule has 0 saturated carbocycles. The van der Waals surface area contributed by atoms with Gasteiger partial charge in [0.05, 0.1) is 17.7 Å². The number of benzene rings is 1. The maximum atomic E-state index is 12.4. The van der Waals surface area contributed by atoms with Gasteiger partial charge in [-0.1, -0.05) is 12.1 Å². The van der Waals surface area contributed by atoms with Crippen LogP contribution >= 0.6 is 0 Å². The first-order valence-electron chi connectivity index (χ1n) is 6.45. The van der Waals surface area contributed by atoms with Gasteiger partial charge < -0.3 is 10.8 Å². The van der Waals surface area contributed by atoms with Gasteiger partial charge in [0.1, 0.15) is 0 Å². The van der Waals surface area contributed by atoms with Crippen LogP contribution in [0.5, 0.6) is 0 Å². The molecule has 21 heavy (non-hydrogen) atoms. The quantitative estimate of drug-likeness (QED) is 0.835. The van der Waals surface area contributed by atoms with E-state index in [0.717, 1.165) is 12.1 Å². The first-order valence-corrected chi connectivity index (χ1v) is 6.45. The van der Waals surface area contributed by atoms with Crippen molar-refractivity contribution in [1.29, 1.82) is 0 Å². The molecule has 0 bridgehead atoms. The molecule has 1 amide bonds. The van der Waals surface area contributed by atoms with Gasteiger partial charge in [-0.3, -0.25) is 9.69 Å². The molecular weight excluding hydrogens is 285 g/mol. The highest BCUT2D eigenvalue weighted by Gasteiger charge is 2.30. The third kappa shape index (κ3) is 5.35. The van der Waals surface area contributed by atoms with Crippen molar-refractivity contribution in [2.75, 3.05) is 13.6 Å². The highest BCUT2D eigenvalue weighted by atomic mass is 19.4.